The van der Waals surface area contributed by atoms with E-state index in [-0.39, 0.29) is 18.1 Å². The average molecular weight is 233 g/mol. The summed E-state index contributed by atoms with van der Waals surface area (Å²) in [5.41, 5.74) is 2.92. The number of hydrogen-bond donors (Lipinski definition) is 1. The first-order chi connectivity index (χ1) is 7.99. The van der Waals surface area contributed by atoms with Crippen LogP contribution in [0.3, 0.4) is 0 Å². The van der Waals surface area contributed by atoms with Crippen molar-refractivity contribution in [1.82, 2.24) is 4.90 Å². The molecule has 1 atom stereocenters. The van der Waals surface area contributed by atoms with Gasteiger partial charge in [-0.15, -0.1) is 0 Å². The van der Waals surface area contributed by atoms with Crippen LogP contribution in [-0.4, -0.2) is 28.1 Å². The Balaban J connectivity index is 2.28. The van der Waals surface area contributed by atoms with Crippen molar-refractivity contribution in [3.8, 4) is 0 Å². The summed E-state index contributed by atoms with van der Waals surface area (Å²) < 4.78 is 0. The van der Waals surface area contributed by atoms with Crippen LogP contribution in [0.25, 0.3) is 0 Å². The summed E-state index contributed by atoms with van der Waals surface area (Å²) >= 11 is 0. The molecule has 3 heteroatoms. The monoisotopic (exact) mass is 233 g/mol. The quantitative estimate of drug-likeness (QED) is 0.867. The van der Waals surface area contributed by atoms with Crippen molar-refractivity contribution in [2.24, 2.45) is 0 Å². The molecule has 1 amide bonds. The zero-order valence-corrected chi connectivity index (χ0v) is 10.6. The fourth-order valence-electron chi connectivity index (χ4n) is 2.26. The van der Waals surface area contributed by atoms with Gasteiger partial charge in [-0.25, -0.2) is 0 Å². The first kappa shape index (κ1) is 12.1. The molecule has 0 bridgehead atoms. The number of carbonyl (C=O) groups is 1. The van der Waals surface area contributed by atoms with E-state index in [2.05, 4.69) is 0 Å². The van der Waals surface area contributed by atoms with Crippen LogP contribution in [0, 0.1) is 0 Å². The van der Waals surface area contributed by atoms with Gasteiger partial charge in [0.25, 0.3) is 5.91 Å². The van der Waals surface area contributed by atoms with Crippen LogP contribution in [-0.2, 0) is 13.0 Å². The predicted octanol–water partition coefficient (Wildman–Crippen LogP) is 1.97. The summed E-state index contributed by atoms with van der Waals surface area (Å²) in [4.78, 5) is 14.0. The van der Waals surface area contributed by atoms with Gasteiger partial charge in [0.1, 0.15) is 0 Å². The van der Waals surface area contributed by atoms with E-state index in [4.69, 9.17) is 0 Å². The van der Waals surface area contributed by atoms with Crippen molar-refractivity contribution in [3.63, 3.8) is 0 Å². The third-order valence-electron chi connectivity index (χ3n) is 3.16. The standard InChI is InChI=1S/C14H19NO2/c1-9(2)15-8-12-5-4-11(6-10(3)16)7-13(12)14(15)17/h4-5,7,9-10,16H,6,8H2,1-3H3. The third-order valence-corrected chi connectivity index (χ3v) is 3.16. The number of nitrogens with zero attached hydrogens (tertiary/aromatic N) is 1. The second-order valence-corrected chi connectivity index (χ2v) is 5.07. The summed E-state index contributed by atoms with van der Waals surface area (Å²) in [6.07, 6.45) is 0.230. The molecule has 1 unspecified atom stereocenters. The maximum Gasteiger partial charge on any atom is 0.254 e. The molecule has 0 radical (unpaired) electrons. The van der Waals surface area contributed by atoms with Crippen LogP contribution in [0.4, 0.5) is 0 Å². The lowest BCUT2D eigenvalue weighted by Gasteiger charge is -2.19. The molecule has 3 nitrogen and oxygen atoms in total. The lowest BCUT2D eigenvalue weighted by Crippen LogP contribution is -2.30. The van der Waals surface area contributed by atoms with E-state index in [1.54, 1.807) is 6.92 Å². The molecule has 0 fully saturated rings. The van der Waals surface area contributed by atoms with Crippen molar-refractivity contribution in [1.29, 1.82) is 0 Å². The van der Waals surface area contributed by atoms with Crippen molar-refractivity contribution in [2.75, 3.05) is 0 Å². The molecule has 92 valence electrons. The number of fused-ring (bicyclic) bond motifs is 1. The molecule has 2 rings (SSSR count). The minimum atomic E-state index is -0.370. The summed E-state index contributed by atoms with van der Waals surface area (Å²) in [5, 5.41) is 9.37. The van der Waals surface area contributed by atoms with E-state index in [0.717, 1.165) is 16.7 Å². The molecule has 0 spiro atoms. The normalized spacial score (nSPS) is 16.5. The molecule has 1 aliphatic heterocycles. The molecule has 1 N–H and O–H groups in total. The highest BCUT2D eigenvalue weighted by atomic mass is 16.3. The van der Waals surface area contributed by atoms with Gasteiger partial charge in [0, 0.05) is 18.2 Å². The average Bonchev–Trinajstić information content (AvgIpc) is 2.56. The third kappa shape index (κ3) is 2.34. The Morgan fingerprint density at radius 2 is 2.06 bits per heavy atom. The van der Waals surface area contributed by atoms with Gasteiger partial charge in [-0.05, 0) is 44.4 Å². The molecule has 0 saturated heterocycles. The summed E-state index contributed by atoms with van der Waals surface area (Å²) in [7, 11) is 0. The van der Waals surface area contributed by atoms with Gasteiger partial charge in [0.2, 0.25) is 0 Å². The van der Waals surface area contributed by atoms with E-state index in [1.807, 2.05) is 36.9 Å². The van der Waals surface area contributed by atoms with Gasteiger partial charge < -0.3 is 10.0 Å². The van der Waals surface area contributed by atoms with Gasteiger partial charge in [-0.3, -0.25) is 4.79 Å². The zero-order chi connectivity index (χ0) is 12.6. The maximum absolute atomic E-state index is 12.1. The topological polar surface area (TPSA) is 40.5 Å². The van der Waals surface area contributed by atoms with Crippen molar-refractivity contribution in [2.45, 2.75) is 45.9 Å². The van der Waals surface area contributed by atoms with Crippen LogP contribution in [0.1, 0.15) is 42.3 Å². The molecule has 1 aromatic carbocycles. The van der Waals surface area contributed by atoms with Crippen LogP contribution in [0.5, 0.6) is 0 Å². The number of benzene rings is 1. The van der Waals surface area contributed by atoms with E-state index in [0.29, 0.717) is 13.0 Å². The Morgan fingerprint density at radius 3 is 2.65 bits per heavy atom. The molecular weight excluding hydrogens is 214 g/mol. The molecule has 1 heterocycles. The van der Waals surface area contributed by atoms with Crippen molar-refractivity contribution in [3.05, 3.63) is 34.9 Å². The van der Waals surface area contributed by atoms with E-state index in [1.165, 1.54) is 0 Å². The second kappa shape index (κ2) is 4.49. The lowest BCUT2D eigenvalue weighted by atomic mass is 10.0. The van der Waals surface area contributed by atoms with Crippen molar-refractivity contribution >= 4 is 5.91 Å². The molecule has 0 saturated carbocycles. The largest absolute Gasteiger partial charge is 0.393 e. The number of amides is 1. The van der Waals surface area contributed by atoms with Crippen LogP contribution in [0.2, 0.25) is 0 Å². The number of carbonyl (C=O) groups excluding carboxylic acids is 1. The minimum Gasteiger partial charge on any atom is -0.393 e. The SMILES string of the molecule is CC(O)Cc1ccc2c(c1)C(=O)N(C(C)C)C2. The van der Waals surface area contributed by atoms with Crippen molar-refractivity contribution < 1.29 is 9.90 Å². The first-order valence-electron chi connectivity index (χ1n) is 6.10. The van der Waals surface area contributed by atoms with E-state index in [9.17, 15) is 9.90 Å². The molecule has 0 aromatic heterocycles. The van der Waals surface area contributed by atoms with Gasteiger partial charge in [-0.2, -0.15) is 0 Å². The Kier molecular flexibility index (Phi) is 3.20. The van der Waals surface area contributed by atoms with E-state index >= 15 is 0 Å². The summed E-state index contributed by atoms with van der Waals surface area (Å²) in [5.74, 6) is 0.113. The fraction of sp³-hybridized carbons (Fsp3) is 0.500. The van der Waals surface area contributed by atoms with Gasteiger partial charge in [0.05, 0.1) is 6.10 Å². The van der Waals surface area contributed by atoms with E-state index < -0.39 is 0 Å². The number of aliphatic hydroxyl groups excluding tert-OH is 1. The number of aliphatic hydroxyl groups is 1. The predicted molar refractivity (Wildman–Crippen MR) is 66.8 cm³/mol. The fourth-order valence-corrected chi connectivity index (χ4v) is 2.26. The Morgan fingerprint density at radius 1 is 1.35 bits per heavy atom. The van der Waals surface area contributed by atoms with Gasteiger partial charge in [-0.1, -0.05) is 12.1 Å². The number of rotatable bonds is 3. The molecule has 17 heavy (non-hydrogen) atoms. The minimum absolute atomic E-state index is 0.113. The molecule has 1 aromatic rings. The second-order valence-electron chi connectivity index (χ2n) is 5.07. The van der Waals surface area contributed by atoms with Crippen LogP contribution < -0.4 is 0 Å². The van der Waals surface area contributed by atoms with Gasteiger partial charge >= 0.3 is 0 Å². The smallest absolute Gasteiger partial charge is 0.254 e. The van der Waals surface area contributed by atoms with Gasteiger partial charge in [0.15, 0.2) is 0 Å². The Bertz CT molecular complexity index is 438. The molecule has 1 aliphatic rings. The van der Waals surface area contributed by atoms with Crippen LogP contribution in [0.15, 0.2) is 18.2 Å². The molecular formula is C14H19NO2. The maximum atomic E-state index is 12.1. The highest BCUT2D eigenvalue weighted by Crippen LogP contribution is 2.25. The van der Waals surface area contributed by atoms with Crippen LogP contribution >= 0.6 is 0 Å². The first-order valence-corrected chi connectivity index (χ1v) is 6.10. The Labute approximate surface area is 102 Å². The summed E-state index contributed by atoms with van der Waals surface area (Å²) in [6, 6.07) is 6.16. The summed E-state index contributed by atoms with van der Waals surface area (Å²) in [6.45, 7) is 6.53. The zero-order valence-electron chi connectivity index (χ0n) is 10.6. The molecule has 0 aliphatic carbocycles. The highest BCUT2D eigenvalue weighted by molar-refractivity contribution is 5.98. The Hall–Kier alpha value is -1.35. The number of hydrogen-bond acceptors (Lipinski definition) is 2. The highest BCUT2D eigenvalue weighted by Gasteiger charge is 2.28. The lowest BCUT2D eigenvalue weighted by molar-refractivity contribution is 0.0730.